The van der Waals surface area contributed by atoms with Crippen LogP contribution in [0.2, 0.25) is 5.02 Å². The number of halogens is 1. The van der Waals surface area contributed by atoms with E-state index in [1.807, 2.05) is 19.1 Å². The summed E-state index contributed by atoms with van der Waals surface area (Å²) in [6.45, 7) is 3.45. The number of methoxy groups -OCH3 is 1. The van der Waals surface area contributed by atoms with Crippen molar-refractivity contribution < 1.29 is 42.2 Å². The molecule has 0 spiro atoms. The standard InChI is InChI=1S/C16H17ClNO3.Y/c1-3-18-15(5-4-6-16(18)19)13-8-7-12(11-14(13)17)21-10-9-20-2;/h4,6-8,11H,3,9-10H2,1-2H3;/q-1;. The molecule has 115 valence electrons. The van der Waals surface area contributed by atoms with E-state index < -0.39 is 0 Å². The van der Waals surface area contributed by atoms with Crippen molar-refractivity contribution >= 4 is 11.6 Å². The fourth-order valence-corrected chi connectivity index (χ4v) is 2.29. The maximum Gasteiger partial charge on any atom is 0.194 e. The third kappa shape index (κ3) is 4.66. The number of benzene rings is 1. The molecular formula is C16H17ClNO3Y-. The Labute approximate surface area is 160 Å². The summed E-state index contributed by atoms with van der Waals surface area (Å²) in [5.41, 5.74) is 1.37. The zero-order valence-corrected chi connectivity index (χ0v) is 16.2. The molecule has 1 aromatic carbocycles. The first-order valence-corrected chi connectivity index (χ1v) is 7.08. The summed E-state index contributed by atoms with van der Waals surface area (Å²) < 4.78 is 12.1. The molecule has 0 amide bonds. The van der Waals surface area contributed by atoms with E-state index in [9.17, 15) is 4.79 Å². The van der Waals surface area contributed by atoms with Crippen LogP contribution >= 0.6 is 11.6 Å². The van der Waals surface area contributed by atoms with Crippen molar-refractivity contribution in [3.05, 3.63) is 51.8 Å². The van der Waals surface area contributed by atoms with Gasteiger partial charge in [0.2, 0.25) is 0 Å². The Bertz CT molecular complexity index is 673. The SMILES string of the molecule is CCn1c(-c2ccc(OCCOC)cc2Cl)[c-]ccc1=O.[Y]. The molecular weight excluding hydrogens is 379 g/mol. The molecule has 0 aliphatic carbocycles. The van der Waals surface area contributed by atoms with Crippen LogP contribution in [0.15, 0.2) is 35.1 Å². The molecule has 4 nitrogen and oxygen atoms in total. The van der Waals surface area contributed by atoms with Gasteiger partial charge in [-0.25, -0.2) is 0 Å². The summed E-state index contributed by atoms with van der Waals surface area (Å²) in [6, 6.07) is 11.6. The van der Waals surface area contributed by atoms with Crippen LogP contribution in [-0.2, 0) is 44.0 Å². The molecule has 2 aromatic rings. The van der Waals surface area contributed by atoms with Gasteiger partial charge in [-0.15, -0.1) is 6.07 Å². The number of pyridine rings is 1. The zero-order chi connectivity index (χ0) is 15.2. The first kappa shape index (κ1) is 19.4. The van der Waals surface area contributed by atoms with Crippen LogP contribution in [0.3, 0.4) is 0 Å². The molecule has 0 unspecified atom stereocenters. The van der Waals surface area contributed by atoms with Gasteiger partial charge in [0.1, 0.15) is 12.4 Å². The number of hydrogen-bond acceptors (Lipinski definition) is 3. The van der Waals surface area contributed by atoms with Gasteiger partial charge in [0, 0.05) is 46.4 Å². The second kappa shape index (κ2) is 9.46. The van der Waals surface area contributed by atoms with E-state index in [4.69, 9.17) is 21.1 Å². The van der Waals surface area contributed by atoms with Crippen molar-refractivity contribution in [3.8, 4) is 17.0 Å². The van der Waals surface area contributed by atoms with Gasteiger partial charge in [0.25, 0.3) is 0 Å². The van der Waals surface area contributed by atoms with Crippen molar-refractivity contribution in [1.29, 1.82) is 0 Å². The van der Waals surface area contributed by atoms with Gasteiger partial charge < -0.3 is 14.0 Å². The van der Waals surface area contributed by atoms with E-state index in [1.165, 1.54) is 6.07 Å². The van der Waals surface area contributed by atoms with E-state index in [-0.39, 0.29) is 38.3 Å². The number of aromatic nitrogens is 1. The molecule has 22 heavy (non-hydrogen) atoms. The molecule has 0 bridgehead atoms. The van der Waals surface area contributed by atoms with Crippen LogP contribution in [0.5, 0.6) is 5.75 Å². The molecule has 1 heterocycles. The summed E-state index contributed by atoms with van der Waals surface area (Å²) in [5, 5.41) is 0.522. The molecule has 1 radical (unpaired) electrons. The van der Waals surface area contributed by atoms with E-state index in [1.54, 1.807) is 23.8 Å². The molecule has 0 atom stereocenters. The van der Waals surface area contributed by atoms with Gasteiger partial charge >= 0.3 is 0 Å². The van der Waals surface area contributed by atoms with Crippen LogP contribution in [0, 0.1) is 6.07 Å². The zero-order valence-electron chi connectivity index (χ0n) is 12.6. The third-order valence-corrected chi connectivity index (χ3v) is 3.36. The van der Waals surface area contributed by atoms with Crippen molar-refractivity contribution in [3.63, 3.8) is 0 Å². The van der Waals surface area contributed by atoms with Gasteiger partial charge in [-0.1, -0.05) is 28.9 Å². The van der Waals surface area contributed by atoms with Gasteiger partial charge in [-0.3, -0.25) is 4.79 Å². The van der Waals surface area contributed by atoms with Gasteiger partial charge in [-0.2, -0.15) is 12.1 Å². The smallest absolute Gasteiger partial charge is 0.194 e. The normalized spacial score (nSPS) is 10.1. The Kier molecular flexibility index (Phi) is 8.33. The van der Waals surface area contributed by atoms with Crippen LogP contribution < -0.4 is 10.3 Å². The summed E-state index contributed by atoms with van der Waals surface area (Å²) in [7, 11) is 1.62. The minimum absolute atomic E-state index is 0. The maximum atomic E-state index is 11.9. The molecule has 0 saturated carbocycles. The van der Waals surface area contributed by atoms with Crippen molar-refractivity contribution in [2.45, 2.75) is 13.5 Å². The Morgan fingerprint density at radius 3 is 2.68 bits per heavy atom. The van der Waals surface area contributed by atoms with Crippen molar-refractivity contribution in [2.24, 2.45) is 0 Å². The van der Waals surface area contributed by atoms with Crippen molar-refractivity contribution in [1.82, 2.24) is 4.57 Å². The van der Waals surface area contributed by atoms with E-state index >= 15 is 0 Å². The predicted octanol–water partition coefficient (Wildman–Crippen LogP) is 3.01. The first-order valence-electron chi connectivity index (χ1n) is 6.70. The molecule has 0 aliphatic rings. The minimum Gasteiger partial charge on any atom is -0.491 e. The van der Waals surface area contributed by atoms with Crippen LogP contribution in [-0.4, -0.2) is 24.9 Å². The van der Waals surface area contributed by atoms with Gasteiger partial charge in [-0.05, 0) is 24.1 Å². The number of hydrogen-bond donors (Lipinski definition) is 0. The fourth-order valence-electron chi connectivity index (χ4n) is 2.03. The first-order chi connectivity index (χ1) is 10.2. The van der Waals surface area contributed by atoms with Crippen LogP contribution in [0.4, 0.5) is 0 Å². The molecule has 0 saturated heterocycles. The summed E-state index contributed by atoms with van der Waals surface area (Å²) in [5.74, 6) is 0.669. The second-order valence-corrected chi connectivity index (χ2v) is 4.80. The molecule has 6 heteroatoms. The summed E-state index contributed by atoms with van der Waals surface area (Å²) in [4.78, 5) is 11.9. The Balaban J connectivity index is 0.00000242. The predicted molar refractivity (Wildman–Crippen MR) is 83.0 cm³/mol. The maximum absolute atomic E-state index is 11.9. The Hall–Kier alpha value is -0.676. The molecule has 0 aliphatic heterocycles. The number of rotatable bonds is 6. The van der Waals surface area contributed by atoms with E-state index in [0.717, 1.165) is 5.56 Å². The summed E-state index contributed by atoms with van der Waals surface area (Å²) >= 11 is 6.31. The molecule has 2 rings (SSSR count). The molecule has 0 fully saturated rings. The van der Waals surface area contributed by atoms with Gasteiger partial charge in [0.15, 0.2) is 5.56 Å². The summed E-state index contributed by atoms with van der Waals surface area (Å²) in [6.07, 6.45) is 0. The quantitative estimate of drug-likeness (QED) is 0.558. The minimum atomic E-state index is -0.0669. The largest absolute Gasteiger partial charge is 0.491 e. The van der Waals surface area contributed by atoms with Crippen LogP contribution in [0.1, 0.15) is 6.92 Å². The number of nitrogens with zero attached hydrogens (tertiary/aromatic N) is 1. The van der Waals surface area contributed by atoms with E-state index in [0.29, 0.717) is 36.2 Å². The Morgan fingerprint density at radius 1 is 1.27 bits per heavy atom. The van der Waals surface area contributed by atoms with Crippen molar-refractivity contribution in [2.75, 3.05) is 20.3 Å². The molecule has 0 N–H and O–H groups in total. The van der Waals surface area contributed by atoms with Crippen LogP contribution in [0.25, 0.3) is 11.3 Å². The monoisotopic (exact) mass is 395 g/mol. The van der Waals surface area contributed by atoms with E-state index in [2.05, 4.69) is 6.07 Å². The topological polar surface area (TPSA) is 40.5 Å². The average molecular weight is 396 g/mol. The third-order valence-electron chi connectivity index (χ3n) is 3.05. The van der Waals surface area contributed by atoms with Gasteiger partial charge in [0.05, 0.1) is 6.61 Å². The number of ether oxygens (including phenoxy) is 2. The second-order valence-electron chi connectivity index (χ2n) is 4.39. The molecule has 1 aromatic heterocycles. The average Bonchev–Trinajstić information content (AvgIpc) is 2.47. The Morgan fingerprint density at radius 2 is 2.05 bits per heavy atom. The fraction of sp³-hybridized carbons (Fsp3) is 0.312.